The summed E-state index contributed by atoms with van der Waals surface area (Å²) in [6.07, 6.45) is 2.13. The molecule has 2 aliphatic heterocycles. The fourth-order valence-corrected chi connectivity index (χ4v) is 3.77. The molecule has 0 radical (unpaired) electrons. The summed E-state index contributed by atoms with van der Waals surface area (Å²) < 4.78 is 37.3. The van der Waals surface area contributed by atoms with Crippen molar-refractivity contribution in [2.45, 2.75) is 90.6 Å². The number of ether oxygens (including phenoxy) is 2. The summed E-state index contributed by atoms with van der Waals surface area (Å²) in [6.45, 7) is 13.1. The van der Waals surface area contributed by atoms with Crippen LogP contribution in [0.5, 0.6) is 0 Å². The molecule has 0 aromatic carbocycles. The zero-order valence-corrected chi connectivity index (χ0v) is 21.2. The predicted octanol–water partition coefficient (Wildman–Crippen LogP) is 2.74. The van der Waals surface area contributed by atoms with Gasteiger partial charge in [-0.2, -0.15) is 8.42 Å². The van der Waals surface area contributed by atoms with Crippen LogP contribution in [0.25, 0.3) is 0 Å². The Morgan fingerprint density at radius 3 is 1.44 bits per heavy atom. The largest absolute Gasteiger partial charge is 0.444 e. The van der Waals surface area contributed by atoms with E-state index in [9.17, 15) is 23.1 Å². The quantitative estimate of drug-likeness (QED) is 0.599. The van der Waals surface area contributed by atoms with E-state index in [0.29, 0.717) is 51.9 Å². The molecule has 2 rings (SSSR count). The molecule has 0 aromatic rings. The fourth-order valence-electron chi connectivity index (χ4n) is 3.08. The lowest BCUT2D eigenvalue weighted by Crippen LogP contribution is -2.43. The lowest BCUT2D eigenvalue weighted by Gasteiger charge is -2.32. The van der Waals surface area contributed by atoms with E-state index >= 15 is 0 Å². The molecule has 2 saturated heterocycles. The monoisotopic (exact) mass is 480 g/mol. The summed E-state index contributed by atoms with van der Waals surface area (Å²) in [5.41, 5.74) is -0.954. The van der Waals surface area contributed by atoms with Crippen LogP contribution < -0.4 is 0 Å². The molecule has 2 amide bonds. The third-order valence-electron chi connectivity index (χ3n) is 4.52. The molecule has 0 aliphatic carbocycles. The standard InChI is InChI=1S/C11H21NO5S.C10H19NO3/c1-11(2,3)16-10(13)12-7-5-9(6-8-12)17-18(4,14)15;1-10(2,3)14-9(13)11-6-4-8(12)5-7-11/h9H,5-8H2,1-4H3;8,12H,4-7H2,1-3H3. The molecule has 2 heterocycles. The highest BCUT2D eigenvalue weighted by atomic mass is 32.2. The third-order valence-corrected chi connectivity index (χ3v) is 5.14. The van der Waals surface area contributed by atoms with Gasteiger partial charge in [0, 0.05) is 26.2 Å². The molecule has 0 spiro atoms. The lowest BCUT2D eigenvalue weighted by molar-refractivity contribution is 0.00963. The van der Waals surface area contributed by atoms with E-state index in [4.69, 9.17) is 13.7 Å². The molecule has 32 heavy (non-hydrogen) atoms. The first-order chi connectivity index (χ1) is 14.5. The van der Waals surface area contributed by atoms with E-state index in [0.717, 1.165) is 6.26 Å². The van der Waals surface area contributed by atoms with Gasteiger partial charge in [0.2, 0.25) is 0 Å². The molecule has 0 aromatic heterocycles. The van der Waals surface area contributed by atoms with Gasteiger partial charge in [-0.05, 0) is 67.2 Å². The van der Waals surface area contributed by atoms with Crippen molar-refractivity contribution in [2.24, 2.45) is 0 Å². The Hall–Kier alpha value is -1.59. The molecular weight excluding hydrogens is 440 g/mol. The second kappa shape index (κ2) is 11.5. The van der Waals surface area contributed by atoms with Crippen molar-refractivity contribution in [3.05, 3.63) is 0 Å². The number of carbonyl (C=O) groups excluding carboxylic acids is 2. The van der Waals surface area contributed by atoms with Crippen LogP contribution in [0, 0.1) is 0 Å². The first-order valence-corrected chi connectivity index (χ1v) is 12.8. The number of piperidine rings is 2. The molecule has 1 N–H and O–H groups in total. The Kier molecular flexibility index (Phi) is 10.2. The van der Waals surface area contributed by atoms with Crippen molar-refractivity contribution >= 4 is 22.3 Å². The van der Waals surface area contributed by atoms with Gasteiger partial charge >= 0.3 is 12.2 Å². The van der Waals surface area contributed by atoms with Crippen LogP contribution in [0.2, 0.25) is 0 Å². The van der Waals surface area contributed by atoms with Gasteiger partial charge in [0.25, 0.3) is 10.1 Å². The first-order valence-electron chi connectivity index (χ1n) is 11.0. The average Bonchev–Trinajstić information content (AvgIpc) is 2.59. The highest BCUT2D eigenvalue weighted by Gasteiger charge is 2.29. The smallest absolute Gasteiger partial charge is 0.410 e. The molecule has 0 bridgehead atoms. The SMILES string of the molecule is CC(C)(C)OC(=O)N1CCC(O)CC1.CC(C)(C)OC(=O)N1CCC(OS(C)(=O)=O)CC1. The number of aliphatic hydroxyl groups excluding tert-OH is 1. The molecule has 2 fully saturated rings. The Bertz CT molecular complexity index is 711. The summed E-state index contributed by atoms with van der Waals surface area (Å²) in [5, 5.41) is 9.26. The van der Waals surface area contributed by atoms with Gasteiger partial charge in [-0.15, -0.1) is 0 Å². The van der Waals surface area contributed by atoms with E-state index in [-0.39, 0.29) is 24.4 Å². The van der Waals surface area contributed by atoms with Gasteiger partial charge in [-0.3, -0.25) is 4.18 Å². The summed E-state index contributed by atoms with van der Waals surface area (Å²) >= 11 is 0. The molecular formula is C21H40N2O8S. The van der Waals surface area contributed by atoms with E-state index in [2.05, 4.69) is 0 Å². The van der Waals surface area contributed by atoms with Crippen LogP contribution in [0.4, 0.5) is 9.59 Å². The molecule has 0 saturated carbocycles. The highest BCUT2D eigenvalue weighted by Crippen LogP contribution is 2.18. The van der Waals surface area contributed by atoms with E-state index in [1.165, 1.54) is 0 Å². The number of nitrogens with zero attached hydrogens (tertiary/aromatic N) is 2. The number of aliphatic hydroxyl groups is 1. The Morgan fingerprint density at radius 2 is 1.12 bits per heavy atom. The van der Waals surface area contributed by atoms with Crippen LogP contribution in [0.15, 0.2) is 0 Å². The molecule has 0 unspecified atom stereocenters. The molecule has 2 aliphatic rings. The maximum absolute atomic E-state index is 11.8. The van der Waals surface area contributed by atoms with Gasteiger partial charge in [0.15, 0.2) is 0 Å². The Morgan fingerprint density at radius 1 is 0.781 bits per heavy atom. The minimum Gasteiger partial charge on any atom is -0.444 e. The predicted molar refractivity (Wildman–Crippen MR) is 120 cm³/mol. The second-order valence-corrected chi connectivity index (χ2v) is 11.8. The number of likely N-dealkylation sites (tertiary alicyclic amines) is 2. The summed E-state index contributed by atoms with van der Waals surface area (Å²) in [4.78, 5) is 26.5. The summed E-state index contributed by atoms with van der Waals surface area (Å²) in [7, 11) is -3.42. The number of hydrogen-bond acceptors (Lipinski definition) is 8. The minimum atomic E-state index is -3.42. The van der Waals surface area contributed by atoms with Gasteiger partial charge in [0.1, 0.15) is 11.2 Å². The number of carbonyl (C=O) groups is 2. The maximum atomic E-state index is 11.8. The van der Waals surface area contributed by atoms with E-state index in [1.54, 1.807) is 9.80 Å². The van der Waals surface area contributed by atoms with Gasteiger partial charge in [0.05, 0.1) is 18.5 Å². The van der Waals surface area contributed by atoms with Crippen LogP contribution >= 0.6 is 0 Å². The van der Waals surface area contributed by atoms with Crippen LogP contribution in [-0.2, 0) is 23.8 Å². The minimum absolute atomic E-state index is 0.256. The number of amides is 2. The lowest BCUT2D eigenvalue weighted by atomic mass is 10.1. The number of hydrogen-bond donors (Lipinski definition) is 1. The molecule has 188 valence electrons. The van der Waals surface area contributed by atoms with E-state index in [1.807, 2.05) is 41.5 Å². The van der Waals surface area contributed by atoms with Crippen molar-refractivity contribution in [1.29, 1.82) is 0 Å². The van der Waals surface area contributed by atoms with E-state index < -0.39 is 21.3 Å². The number of rotatable bonds is 2. The topological polar surface area (TPSA) is 123 Å². The normalized spacial score (nSPS) is 19.1. The van der Waals surface area contributed by atoms with Crippen molar-refractivity contribution in [3.8, 4) is 0 Å². The van der Waals surface area contributed by atoms with Crippen LogP contribution in [0.1, 0.15) is 67.2 Å². The zero-order chi connectivity index (χ0) is 24.7. The van der Waals surface area contributed by atoms with Gasteiger partial charge in [-0.25, -0.2) is 9.59 Å². The maximum Gasteiger partial charge on any atom is 0.410 e. The second-order valence-electron chi connectivity index (χ2n) is 10.2. The molecule has 10 nitrogen and oxygen atoms in total. The molecule has 0 atom stereocenters. The van der Waals surface area contributed by atoms with Crippen molar-refractivity contribution in [1.82, 2.24) is 9.80 Å². The highest BCUT2D eigenvalue weighted by molar-refractivity contribution is 7.86. The van der Waals surface area contributed by atoms with Crippen molar-refractivity contribution < 1.29 is 36.8 Å². The van der Waals surface area contributed by atoms with Crippen LogP contribution in [-0.4, -0.2) is 91.4 Å². The average molecular weight is 481 g/mol. The first kappa shape index (κ1) is 28.4. The van der Waals surface area contributed by atoms with Crippen molar-refractivity contribution in [2.75, 3.05) is 32.4 Å². The van der Waals surface area contributed by atoms with Crippen LogP contribution in [0.3, 0.4) is 0 Å². The van der Waals surface area contributed by atoms with Gasteiger partial charge in [-0.1, -0.05) is 0 Å². The Balaban J connectivity index is 0.000000330. The molecule has 11 heteroatoms. The van der Waals surface area contributed by atoms with Crippen molar-refractivity contribution in [3.63, 3.8) is 0 Å². The summed E-state index contributed by atoms with van der Waals surface area (Å²) in [6, 6.07) is 0. The Labute approximate surface area is 192 Å². The zero-order valence-electron chi connectivity index (χ0n) is 20.4. The third kappa shape index (κ3) is 12.4. The van der Waals surface area contributed by atoms with Gasteiger partial charge < -0.3 is 24.4 Å². The fraction of sp³-hybridized carbons (Fsp3) is 0.905. The summed E-state index contributed by atoms with van der Waals surface area (Å²) in [5.74, 6) is 0.